The first kappa shape index (κ1) is 12.4. The number of aromatic nitrogens is 2. The maximum Gasteiger partial charge on any atom is 0.306 e. The number of hydrogen-bond acceptors (Lipinski definition) is 4. The molecule has 0 spiro atoms. The van der Waals surface area contributed by atoms with Gasteiger partial charge >= 0.3 is 5.97 Å². The molecule has 2 N–H and O–H groups in total. The average Bonchev–Trinajstić information content (AvgIpc) is 2.26. The van der Waals surface area contributed by atoms with Crippen LogP contribution in [0.3, 0.4) is 0 Å². The average molecular weight is 223 g/mol. The molecule has 5 nitrogen and oxygen atoms in total. The number of carboxylic acid groups (broad SMARTS) is 1. The van der Waals surface area contributed by atoms with Crippen molar-refractivity contribution in [3.63, 3.8) is 0 Å². The number of nitrogens with one attached hydrogen (secondary N) is 1. The van der Waals surface area contributed by atoms with Crippen LogP contribution in [-0.2, 0) is 4.79 Å². The van der Waals surface area contributed by atoms with E-state index in [1.165, 1.54) is 0 Å². The molecule has 5 heteroatoms. The lowest BCUT2D eigenvalue weighted by Gasteiger charge is -2.07. The van der Waals surface area contributed by atoms with Crippen molar-refractivity contribution in [2.24, 2.45) is 5.92 Å². The summed E-state index contributed by atoms with van der Waals surface area (Å²) in [5.41, 5.74) is 1.02. The maximum absolute atomic E-state index is 10.6. The summed E-state index contributed by atoms with van der Waals surface area (Å²) in [4.78, 5) is 18.7. The summed E-state index contributed by atoms with van der Waals surface area (Å²) in [5, 5.41) is 11.7. The summed E-state index contributed by atoms with van der Waals surface area (Å²) in [6.07, 6.45) is 4.95. The second kappa shape index (κ2) is 6.05. The van der Waals surface area contributed by atoms with E-state index in [0.717, 1.165) is 12.0 Å². The highest BCUT2D eigenvalue weighted by atomic mass is 16.4. The van der Waals surface area contributed by atoms with Gasteiger partial charge < -0.3 is 10.4 Å². The molecule has 1 aromatic heterocycles. The van der Waals surface area contributed by atoms with Crippen molar-refractivity contribution in [1.82, 2.24) is 9.97 Å². The number of rotatable bonds is 6. The molecule has 1 rings (SSSR count). The molecular formula is C11H17N3O2. The van der Waals surface area contributed by atoms with Crippen LogP contribution in [0.15, 0.2) is 12.4 Å². The smallest absolute Gasteiger partial charge is 0.306 e. The molecule has 0 amide bonds. The number of aryl methyl sites for hydroxylation is 1. The largest absolute Gasteiger partial charge is 0.481 e. The fourth-order valence-corrected chi connectivity index (χ4v) is 1.22. The summed E-state index contributed by atoms with van der Waals surface area (Å²) in [7, 11) is 0. The Bertz CT molecular complexity index is 338. The van der Waals surface area contributed by atoms with E-state index in [9.17, 15) is 4.79 Å². The number of carboxylic acids is 1. The Morgan fingerprint density at radius 1 is 1.50 bits per heavy atom. The standard InChI is InChI=1S/C11H17N3O2/c1-8-6-13-11(14-7-8)12-5-3-4-9(2)10(15)16/h6-7,9H,3-5H2,1-2H3,(H,15,16)(H,12,13,14). The molecule has 0 aliphatic heterocycles. The molecule has 0 saturated carbocycles. The fraction of sp³-hybridized carbons (Fsp3) is 0.545. The van der Waals surface area contributed by atoms with Gasteiger partial charge in [0, 0.05) is 18.9 Å². The number of nitrogens with zero attached hydrogens (tertiary/aromatic N) is 2. The van der Waals surface area contributed by atoms with E-state index < -0.39 is 5.97 Å². The topological polar surface area (TPSA) is 75.1 Å². The predicted molar refractivity (Wildman–Crippen MR) is 61.3 cm³/mol. The van der Waals surface area contributed by atoms with Crippen LogP contribution >= 0.6 is 0 Å². The van der Waals surface area contributed by atoms with Crippen LogP contribution in [0, 0.1) is 12.8 Å². The van der Waals surface area contributed by atoms with Crippen LogP contribution in [0.5, 0.6) is 0 Å². The van der Waals surface area contributed by atoms with Gasteiger partial charge in [0.15, 0.2) is 0 Å². The Kier molecular flexibility index (Phi) is 4.69. The second-order valence-corrected chi connectivity index (χ2v) is 3.89. The van der Waals surface area contributed by atoms with Crippen LogP contribution in [0.25, 0.3) is 0 Å². The van der Waals surface area contributed by atoms with Gasteiger partial charge in [-0.05, 0) is 25.3 Å². The van der Waals surface area contributed by atoms with Crippen molar-refractivity contribution < 1.29 is 9.90 Å². The summed E-state index contributed by atoms with van der Waals surface area (Å²) >= 11 is 0. The first-order chi connectivity index (χ1) is 7.59. The van der Waals surface area contributed by atoms with Gasteiger partial charge in [0.2, 0.25) is 5.95 Å². The minimum Gasteiger partial charge on any atom is -0.481 e. The molecule has 0 aromatic carbocycles. The van der Waals surface area contributed by atoms with Gasteiger partial charge in [-0.3, -0.25) is 4.79 Å². The highest BCUT2D eigenvalue weighted by Gasteiger charge is 2.09. The summed E-state index contributed by atoms with van der Waals surface area (Å²) in [6.45, 7) is 4.34. The molecule has 0 saturated heterocycles. The van der Waals surface area contributed by atoms with Gasteiger partial charge in [0.1, 0.15) is 0 Å². The number of hydrogen-bond donors (Lipinski definition) is 2. The molecule has 1 unspecified atom stereocenters. The zero-order valence-corrected chi connectivity index (χ0v) is 9.60. The molecule has 0 radical (unpaired) electrons. The van der Waals surface area contributed by atoms with E-state index in [4.69, 9.17) is 5.11 Å². The van der Waals surface area contributed by atoms with Crippen LogP contribution in [0.2, 0.25) is 0 Å². The fourth-order valence-electron chi connectivity index (χ4n) is 1.22. The molecule has 0 aliphatic rings. The van der Waals surface area contributed by atoms with Crippen molar-refractivity contribution in [3.05, 3.63) is 18.0 Å². The Balaban J connectivity index is 2.21. The van der Waals surface area contributed by atoms with Gasteiger partial charge in [0.05, 0.1) is 5.92 Å². The Hall–Kier alpha value is -1.65. The quantitative estimate of drug-likeness (QED) is 0.718. The Morgan fingerprint density at radius 3 is 2.69 bits per heavy atom. The summed E-state index contributed by atoms with van der Waals surface area (Å²) in [6, 6.07) is 0. The monoisotopic (exact) mass is 223 g/mol. The zero-order chi connectivity index (χ0) is 12.0. The highest BCUT2D eigenvalue weighted by Crippen LogP contribution is 2.06. The summed E-state index contributed by atoms with van der Waals surface area (Å²) in [5.74, 6) is -0.444. The second-order valence-electron chi connectivity index (χ2n) is 3.89. The van der Waals surface area contributed by atoms with Crippen LogP contribution in [0.1, 0.15) is 25.3 Å². The van der Waals surface area contributed by atoms with E-state index in [1.54, 1.807) is 19.3 Å². The van der Waals surface area contributed by atoms with E-state index in [1.807, 2.05) is 6.92 Å². The minimum absolute atomic E-state index is 0.291. The third kappa shape index (κ3) is 4.25. The van der Waals surface area contributed by atoms with Gasteiger partial charge in [-0.2, -0.15) is 0 Å². The molecule has 88 valence electrons. The first-order valence-corrected chi connectivity index (χ1v) is 5.35. The Labute approximate surface area is 94.9 Å². The summed E-state index contributed by atoms with van der Waals surface area (Å²) < 4.78 is 0. The third-order valence-electron chi connectivity index (χ3n) is 2.30. The maximum atomic E-state index is 10.6. The van der Waals surface area contributed by atoms with Crippen molar-refractivity contribution in [3.8, 4) is 0 Å². The Morgan fingerprint density at radius 2 is 2.12 bits per heavy atom. The van der Waals surface area contributed by atoms with Crippen molar-refractivity contribution in [2.45, 2.75) is 26.7 Å². The molecule has 0 bridgehead atoms. The van der Waals surface area contributed by atoms with Crippen LogP contribution in [0.4, 0.5) is 5.95 Å². The zero-order valence-electron chi connectivity index (χ0n) is 9.60. The number of aliphatic carboxylic acids is 1. The molecule has 1 aromatic rings. The lowest BCUT2D eigenvalue weighted by atomic mass is 10.1. The molecule has 0 fully saturated rings. The molecule has 1 heterocycles. The normalized spacial score (nSPS) is 12.1. The lowest BCUT2D eigenvalue weighted by molar-refractivity contribution is -0.141. The van der Waals surface area contributed by atoms with Crippen molar-refractivity contribution in [1.29, 1.82) is 0 Å². The van der Waals surface area contributed by atoms with Crippen molar-refractivity contribution >= 4 is 11.9 Å². The van der Waals surface area contributed by atoms with Crippen molar-refractivity contribution in [2.75, 3.05) is 11.9 Å². The lowest BCUT2D eigenvalue weighted by Crippen LogP contribution is -2.12. The minimum atomic E-state index is -0.744. The van der Waals surface area contributed by atoms with E-state index >= 15 is 0 Å². The SMILES string of the molecule is Cc1cnc(NCCCC(C)C(=O)O)nc1. The first-order valence-electron chi connectivity index (χ1n) is 5.35. The molecule has 1 atom stereocenters. The van der Waals surface area contributed by atoms with E-state index in [0.29, 0.717) is 18.9 Å². The predicted octanol–water partition coefficient (Wildman–Crippen LogP) is 1.70. The molecule has 16 heavy (non-hydrogen) atoms. The number of anilines is 1. The van der Waals surface area contributed by atoms with Gasteiger partial charge in [-0.15, -0.1) is 0 Å². The highest BCUT2D eigenvalue weighted by molar-refractivity contribution is 5.69. The van der Waals surface area contributed by atoms with Crippen LogP contribution in [-0.4, -0.2) is 27.6 Å². The van der Waals surface area contributed by atoms with Crippen LogP contribution < -0.4 is 5.32 Å². The molecule has 0 aliphatic carbocycles. The van der Waals surface area contributed by atoms with Gasteiger partial charge in [-0.1, -0.05) is 6.92 Å². The third-order valence-corrected chi connectivity index (χ3v) is 2.30. The van der Waals surface area contributed by atoms with E-state index in [-0.39, 0.29) is 5.92 Å². The number of carbonyl (C=O) groups is 1. The van der Waals surface area contributed by atoms with Gasteiger partial charge in [0.25, 0.3) is 0 Å². The molecular weight excluding hydrogens is 206 g/mol. The van der Waals surface area contributed by atoms with Gasteiger partial charge in [-0.25, -0.2) is 9.97 Å². The van der Waals surface area contributed by atoms with E-state index in [2.05, 4.69) is 15.3 Å².